The summed E-state index contributed by atoms with van der Waals surface area (Å²) in [5.41, 5.74) is 4.65. The second kappa shape index (κ2) is 6.98. The Hall–Kier alpha value is -2.56. The van der Waals surface area contributed by atoms with E-state index in [2.05, 4.69) is 34.5 Å². The summed E-state index contributed by atoms with van der Waals surface area (Å²) in [6, 6.07) is 6.08. The highest BCUT2D eigenvalue weighted by atomic mass is 16.2. The van der Waals surface area contributed by atoms with E-state index in [4.69, 9.17) is 0 Å². The highest BCUT2D eigenvalue weighted by Crippen LogP contribution is 2.22. The van der Waals surface area contributed by atoms with Crippen LogP contribution in [0, 0.1) is 5.92 Å². The summed E-state index contributed by atoms with van der Waals surface area (Å²) < 4.78 is 0. The molecule has 4 rings (SSSR count). The van der Waals surface area contributed by atoms with Crippen LogP contribution in [0.2, 0.25) is 0 Å². The minimum Gasteiger partial charge on any atom is -0.371 e. The molecule has 2 amide bonds. The first-order valence-electron chi connectivity index (χ1n) is 9.37. The number of carbonyl (C=O) groups is 2. The van der Waals surface area contributed by atoms with E-state index in [1.807, 2.05) is 19.2 Å². The minimum atomic E-state index is -0.0412. The molecule has 1 fully saturated rings. The highest BCUT2D eigenvalue weighted by Gasteiger charge is 2.27. The summed E-state index contributed by atoms with van der Waals surface area (Å²) in [7, 11) is 1.81. The molecule has 1 N–H and O–H groups in total. The minimum absolute atomic E-state index is 0.0412. The molecule has 1 aromatic rings. The van der Waals surface area contributed by atoms with Gasteiger partial charge in [0.25, 0.3) is 5.91 Å². The Morgan fingerprint density at radius 1 is 1.23 bits per heavy atom. The Morgan fingerprint density at radius 2 is 2.00 bits per heavy atom. The van der Waals surface area contributed by atoms with Crippen molar-refractivity contribution in [3.63, 3.8) is 0 Å². The van der Waals surface area contributed by atoms with E-state index in [9.17, 15) is 9.59 Å². The van der Waals surface area contributed by atoms with Gasteiger partial charge in [0.1, 0.15) is 0 Å². The average molecular weight is 351 g/mol. The van der Waals surface area contributed by atoms with Crippen molar-refractivity contribution in [3.05, 3.63) is 58.8 Å². The lowest BCUT2D eigenvalue weighted by Gasteiger charge is -2.26. The number of hydrogen-bond acceptors (Lipinski definition) is 3. The van der Waals surface area contributed by atoms with Crippen LogP contribution in [0.4, 0.5) is 0 Å². The lowest BCUT2D eigenvalue weighted by atomic mass is 9.99. The zero-order chi connectivity index (χ0) is 18.1. The molecule has 26 heavy (non-hydrogen) atoms. The zero-order valence-electron chi connectivity index (χ0n) is 15.2. The molecular formula is C21H25N3O2. The van der Waals surface area contributed by atoms with E-state index in [1.165, 1.54) is 16.8 Å². The van der Waals surface area contributed by atoms with Crippen LogP contribution in [0.25, 0.3) is 0 Å². The fourth-order valence-electron chi connectivity index (χ4n) is 3.95. The van der Waals surface area contributed by atoms with E-state index in [0.29, 0.717) is 13.0 Å². The van der Waals surface area contributed by atoms with Crippen molar-refractivity contribution in [1.82, 2.24) is 15.1 Å². The first kappa shape index (κ1) is 16.9. The molecule has 0 radical (unpaired) electrons. The molecule has 1 saturated heterocycles. The van der Waals surface area contributed by atoms with E-state index < -0.39 is 0 Å². The number of nitrogens with one attached hydrogen (secondary N) is 1. The van der Waals surface area contributed by atoms with Gasteiger partial charge in [-0.05, 0) is 48.3 Å². The van der Waals surface area contributed by atoms with Crippen LogP contribution in [-0.2, 0) is 17.6 Å². The van der Waals surface area contributed by atoms with Gasteiger partial charge in [0.2, 0.25) is 5.91 Å². The third-order valence-corrected chi connectivity index (χ3v) is 5.64. The Balaban J connectivity index is 1.37. The molecule has 136 valence electrons. The first-order chi connectivity index (χ1) is 12.6. The van der Waals surface area contributed by atoms with Gasteiger partial charge in [-0.3, -0.25) is 9.59 Å². The Labute approximate surface area is 154 Å². The van der Waals surface area contributed by atoms with Gasteiger partial charge >= 0.3 is 0 Å². The fraction of sp³-hybridized carbons (Fsp3) is 0.429. The van der Waals surface area contributed by atoms with Crippen molar-refractivity contribution in [2.45, 2.75) is 19.3 Å². The molecule has 5 heteroatoms. The lowest BCUT2D eigenvalue weighted by Crippen LogP contribution is -2.30. The molecule has 1 unspecified atom stereocenters. The maximum atomic E-state index is 12.5. The standard InChI is InChI=1S/C21H25N3O2/c1-23-14-15(11-20(23)25)13-22-21(26)18-6-5-16-7-9-24(19-3-2-4-19)10-8-17(16)12-18/h2-6,12,15H,7-11,13-14H2,1H3,(H,22,26). The number of carbonyl (C=O) groups excluding carboxylic acids is 2. The third kappa shape index (κ3) is 3.39. The molecule has 1 aromatic carbocycles. The van der Waals surface area contributed by atoms with Gasteiger partial charge in [-0.25, -0.2) is 0 Å². The molecule has 1 atom stereocenters. The van der Waals surface area contributed by atoms with Crippen molar-refractivity contribution >= 4 is 11.8 Å². The largest absolute Gasteiger partial charge is 0.371 e. The Morgan fingerprint density at radius 3 is 2.65 bits per heavy atom. The topological polar surface area (TPSA) is 52.7 Å². The van der Waals surface area contributed by atoms with Gasteiger partial charge in [0.15, 0.2) is 0 Å². The molecule has 0 bridgehead atoms. The third-order valence-electron chi connectivity index (χ3n) is 5.64. The van der Waals surface area contributed by atoms with Crippen LogP contribution >= 0.6 is 0 Å². The summed E-state index contributed by atoms with van der Waals surface area (Å²) in [5, 5.41) is 3.00. The molecule has 3 aliphatic rings. The van der Waals surface area contributed by atoms with Gasteiger partial charge in [-0.15, -0.1) is 0 Å². The van der Waals surface area contributed by atoms with Gasteiger partial charge in [0, 0.05) is 56.8 Å². The quantitative estimate of drug-likeness (QED) is 0.899. The van der Waals surface area contributed by atoms with Crippen molar-refractivity contribution in [2.75, 3.05) is 33.2 Å². The SMILES string of the molecule is CN1CC(CNC(=O)c2ccc3c(c2)CCN(C2=CC=C2)CC3)CC1=O. The van der Waals surface area contributed by atoms with E-state index in [1.54, 1.807) is 4.90 Å². The van der Waals surface area contributed by atoms with Crippen LogP contribution in [0.15, 0.2) is 42.1 Å². The number of amides is 2. The number of nitrogens with zero attached hydrogens (tertiary/aromatic N) is 2. The van der Waals surface area contributed by atoms with Gasteiger partial charge in [-0.2, -0.15) is 0 Å². The number of likely N-dealkylation sites (tertiary alicyclic amines) is 1. The van der Waals surface area contributed by atoms with Gasteiger partial charge < -0.3 is 15.1 Å². The predicted octanol–water partition coefficient (Wildman–Crippen LogP) is 1.75. The summed E-state index contributed by atoms with van der Waals surface area (Å²) in [6.45, 7) is 3.30. The molecule has 0 spiro atoms. The molecule has 1 aliphatic carbocycles. The number of benzene rings is 1. The van der Waals surface area contributed by atoms with Crippen molar-refractivity contribution in [2.24, 2.45) is 5.92 Å². The van der Waals surface area contributed by atoms with Crippen LogP contribution in [0.5, 0.6) is 0 Å². The number of fused-ring (bicyclic) bond motifs is 1. The van der Waals surface area contributed by atoms with Gasteiger partial charge in [-0.1, -0.05) is 12.1 Å². The molecule has 0 saturated carbocycles. The average Bonchev–Trinajstić information content (AvgIpc) is 2.79. The fourth-order valence-corrected chi connectivity index (χ4v) is 3.95. The molecule has 5 nitrogen and oxygen atoms in total. The van der Waals surface area contributed by atoms with Crippen LogP contribution in [0.1, 0.15) is 27.9 Å². The van der Waals surface area contributed by atoms with Crippen LogP contribution < -0.4 is 5.32 Å². The maximum absolute atomic E-state index is 12.5. The second-order valence-electron chi connectivity index (χ2n) is 7.48. The second-order valence-corrected chi connectivity index (χ2v) is 7.48. The maximum Gasteiger partial charge on any atom is 0.251 e. The Bertz CT molecular complexity index is 796. The van der Waals surface area contributed by atoms with Crippen LogP contribution in [0.3, 0.4) is 0 Å². The predicted molar refractivity (Wildman–Crippen MR) is 101 cm³/mol. The van der Waals surface area contributed by atoms with Crippen molar-refractivity contribution in [1.29, 1.82) is 0 Å². The smallest absolute Gasteiger partial charge is 0.251 e. The Kier molecular flexibility index (Phi) is 4.53. The zero-order valence-corrected chi connectivity index (χ0v) is 15.2. The summed E-state index contributed by atoms with van der Waals surface area (Å²) >= 11 is 0. The summed E-state index contributed by atoms with van der Waals surface area (Å²) in [6.07, 6.45) is 8.88. The number of allylic oxidation sites excluding steroid dienone is 3. The summed E-state index contributed by atoms with van der Waals surface area (Å²) in [4.78, 5) is 28.3. The van der Waals surface area contributed by atoms with Gasteiger partial charge in [0.05, 0.1) is 0 Å². The number of rotatable bonds is 4. The molecular weight excluding hydrogens is 326 g/mol. The van der Waals surface area contributed by atoms with E-state index in [0.717, 1.165) is 38.0 Å². The monoisotopic (exact) mass is 351 g/mol. The number of hydrogen-bond donors (Lipinski definition) is 1. The lowest BCUT2D eigenvalue weighted by molar-refractivity contribution is -0.126. The first-order valence-corrected chi connectivity index (χ1v) is 9.37. The van der Waals surface area contributed by atoms with E-state index in [-0.39, 0.29) is 17.7 Å². The molecule has 0 aromatic heterocycles. The summed E-state index contributed by atoms with van der Waals surface area (Å²) in [5.74, 6) is 0.338. The van der Waals surface area contributed by atoms with Crippen molar-refractivity contribution < 1.29 is 9.59 Å². The molecule has 2 heterocycles. The van der Waals surface area contributed by atoms with E-state index >= 15 is 0 Å². The van der Waals surface area contributed by atoms with Crippen LogP contribution in [-0.4, -0.2) is 54.8 Å². The highest BCUT2D eigenvalue weighted by molar-refractivity contribution is 5.94. The molecule has 2 aliphatic heterocycles. The normalized spacial score (nSPS) is 21.8. The van der Waals surface area contributed by atoms with Crippen molar-refractivity contribution in [3.8, 4) is 0 Å².